The van der Waals surface area contributed by atoms with E-state index in [1.54, 1.807) is 36.4 Å². The Morgan fingerprint density at radius 3 is 2.15 bits per heavy atom. The van der Waals surface area contributed by atoms with Crippen LogP contribution < -0.4 is 23.8 Å². The first-order valence-electron chi connectivity index (χ1n) is 10.4. The lowest BCUT2D eigenvalue weighted by atomic mass is 10.1. The van der Waals surface area contributed by atoms with Crippen LogP contribution in [-0.4, -0.2) is 42.2 Å². The van der Waals surface area contributed by atoms with Crippen molar-refractivity contribution in [3.05, 3.63) is 71.8 Å². The first-order valence-corrected chi connectivity index (χ1v) is 11.9. The predicted molar refractivity (Wildman–Crippen MR) is 132 cm³/mol. The maximum absolute atomic E-state index is 13.7. The summed E-state index contributed by atoms with van der Waals surface area (Å²) in [6.45, 7) is 3.30. The zero-order valence-electron chi connectivity index (χ0n) is 19.8. The first kappa shape index (κ1) is 24.9. The quantitative estimate of drug-likeness (QED) is 0.490. The fourth-order valence-corrected chi connectivity index (χ4v) is 4.97. The molecule has 0 atom stereocenters. The maximum Gasteiger partial charge on any atom is 0.264 e. The second kappa shape index (κ2) is 10.5. The summed E-state index contributed by atoms with van der Waals surface area (Å²) in [6.07, 6.45) is 0. The fourth-order valence-electron chi connectivity index (χ4n) is 3.55. The van der Waals surface area contributed by atoms with Gasteiger partial charge in [0.2, 0.25) is 5.91 Å². The predicted octanol–water partition coefficient (Wildman–Crippen LogP) is 4.16. The SMILES string of the molecule is COc1cccc(NC(=O)CN(c2cc(C)cc(C)c2)S(=O)(=O)c2ccc(OC)c(OC)c2)c1. The maximum atomic E-state index is 13.7. The molecule has 180 valence electrons. The van der Waals surface area contributed by atoms with Crippen LogP contribution in [0.15, 0.2) is 65.6 Å². The van der Waals surface area contributed by atoms with E-state index in [9.17, 15) is 13.2 Å². The van der Waals surface area contributed by atoms with Gasteiger partial charge >= 0.3 is 0 Å². The van der Waals surface area contributed by atoms with E-state index in [4.69, 9.17) is 14.2 Å². The normalized spacial score (nSPS) is 11.0. The second-order valence-corrected chi connectivity index (χ2v) is 9.52. The highest BCUT2D eigenvalue weighted by Crippen LogP contribution is 2.32. The smallest absolute Gasteiger partial charge is 0.264 e. The minimum absolute atomic E-state index is 0.0292. The average molecular weight is 485 g/mol. The first-order chi connectivity index (χ1) is 16.2. The molecule has 0 aliphatic carbocycles. The van der Waals surface area contributed by atoms with Crippen LogP contribution in [0.1, 0.15) is 11.1 Å². The van der Waals surface area contributed by atoms with E-state index in [0.717, 1.165) is 15.4 Å². The van der Waals surface area contributed by atoms with Crippen molar-refractivity contribution < 1.29 is 27.4 Å². The van der Waals surface area contributed by atoms with Crippen molar-refractivity contribution in [2.45, 2.75) is 18.7 Å². The van der Waals surface area contributed by atoms with E-state index in [-0.39, 0.29) is 10.6 Å². The number of methoxy groups -OCH3 is 3. The van der Waals surface area contributed by atoms with Crippen molar-refractivity contribution in [3.63, 3.8) is 0 Å². The topological polar surface area (TPSA) is 94.2 Å². The fraction of sp³-hybridized carbons (Fsp3) is 0.240. The molecule has 9 heteroatoms. The van der Waals surface area contributed by atoms with Gasteiger partial charge in [-0.05, 0) is 61.4 Å². The molecule has 1 amide bonds. The lowest BCUT2D eigenvalue weighted by molar-refractivity contribution is -0.114. The molecule has 0 spiro atoms. The molecule has 8 nitrogen and oxygen atoms in total. The van der Waals surface area contributed by atoms with Gasteiger partial charge in [-0.1, -0.05) is 12.1 Å². The van der Waals surface area contributed by atoms with E-state index >= 15 is 0 Å². The number of hydrogen-bond acceptors (Lipinski definition) is 6. The Labute approximate surface area is 200 Å². The number of rotatable bonds is 9. The highest BCUT2D eigenvalue weighted by Gasteiger charge is 2.29. The highest BCUT2D eigenvalue weighted by atomic mass is 32.2. The van der Waals surface area contributed by atoms with Gasteiger partial charge in [-0.3, -0.25) is 9.10 Å². The number of carbonyl (C=O) groups excluding carboxylic acids is 1. The minimum atomic E-state index is -4.13. The molecule has 1 N–H and O–H groups in total. The van der Waals surface area contributed by atoms with Gasteiger partial charge in [0.1, 0.15) is 12.3 Å². The van der Waals surface area contributed by atoms with Crippen LogP contribution in [0, 0.1) is 13.8 Å². The van der Waals surface area contributed by atoms with Crippen LogP contribution in [0.3, 0.4) is 0 Å². The van der Waals surface area contributed by atoms with Crippen LogP contribution in [0.2, 0.25) is 0 Å². The third-order valence-corrected chi connectivity index (χ3v) is 6.85. The third kappa shape index (κ3) is 5.60. The number of hydrogen-bond donors (Lipinski definition) is 1. The molecule has 3 rings (SSSR count). The zero-order valence-corrected chi connectivity index (χ0v) is 20.6. The molecule has 0 fully saturated rings. The van der Waals surface area contributed by atoms with Crippen molar-refractivity contribution in [1.29, 1.82) is 0 Å². The molecule has 3 aromatic carbocycles. The van der Waals surface area contributed by atoms with Crippen LogP contribution >= 0.6 is 0 Å². The third-order valence-electron chi connectivity index (χ3n) is 5.08. The van der Waals surface area contributed by atoms with Gasteiger partial charge in [-0.2, -0.15) is 0 Å². The number of amides is 1. The Kier molecular flexibility index (Phi) is 7.68. The molecule has 0 bridgehead atoms. The number of nitrogens with zero attached hydrogens (tertiary/aromatic N) is 1. The molecule has 0 aromatic heterocycles. The number of nitrogens with one attached hydrogen (secondary N) is 1. The summed E-state index contributed by atoms with van der Waals surface area (Å²) in [5, 5.41) is 2.74. The molecular weight excluding hydrogens is 456 g/mol. The van der Waals surface area contributed by atoms with Gasteiger partial charge in [0, 0.05) is 17.8 Å². The Bertz CT molecular complexity index is 1270. The van der Waals surface area contributed by atoms with Gasteiger partial charge in [0.25, 0.3) is 10.0 Å². The van der Waals surface area contributed by atoms with Crippen molar-refractivity contribution in [2.75, 3.05) is 37.5 Å². The van der Waals surface area contributed by atoms with E-state index in [0.29, 0.717) is 22.9 Å². The molecule has 0 aliphatic heterocycles. The van der Waals surface area contributed by atoms with E-state index < -0.39 is 22.5 Å². The zero-order chi connectivity index (χ0) is 24.9. The molecule has 0 saturated carbocycles. The van der Waals surface area contributed by atoms with Gasteiger partial charge in [-0.25, -0.2) is 8.42 Å². The Morgan fingerprint density at radius 1 is 0.853 bits per heavy atom. The molecule has 0 heterocycles. The van der Waals surface area contributed by atoms with Gasteiger partial charge in [0.05, 0.1) is 31.9 Å². The van der Waals surface area contributed by atoms with Crippen molar-refractivity contribution >= 4 is 27.3 Å². The Balaban J connectivity index is 2.02. The molecule has 0 radical (unpaired) electrons. The number of carbonyl (C=O) groups is 1. The molecule has 34 heavy (non-hydrogen) atoms. The van der Waals surface area contributed by atoms with Gasteiger partial charge < -0.3 is 19.5 Å². The molecule has 3 aromatic rings. The summed E-state index contributed by atoms with van der Waals surface area (Å²) in [7, 11) is 0.290. The Hall–Kier alpha value is -3.72. The number of sulfonamides is 1. The highest BCUT2D eigenvalue weighted by molar-refractivity contribution is 7.92. The second-order valence-electron chi connectivity index (χ2n) is 7.65. The van der Waals surface area contributed by atoms with Crippen molar-refractivity contribution in [3.8, 4) is 17.2 Å². The number of benzene rings is 3. The molecular formula is C25H28N2O6S. The Morgan fingerprint density at radius 2 is 1.53 bits per heavy atom. The number of aryl methyl sites for hydroxylation is 2. The minimum Gasteiger partial charge on any atom is -0.497 e. The van der Waals surface area contributed by atoms with Crippen molar-refractivity contribution in [2.24, 2.45) is 0 Å². The lowest BCUT2D eigenvalue weighted by Gasteiger charge is -2.25. The molecule has 0 aliphatic rings. The standard InChI is InChI=1S/C25H28N2O6S/c1-17-11-18(2)13-20(12-17)27(16-25(28)26-19-7-6-8-21(14-19)31-3)34(29,30)22-9-10-23(32-4)24(15-22)33-5/h6-15H,16H2,1-5H3,(H,26,28). The van der Waals surface area contributed by atoms with Crippen molar-refractivity contribution in [1.82, 2.24) is 0 Å². The average Bonchev–Trinajstić information content (AvgIpc) is 2.81. The summed E-state index contributed by atoms with van der Waals surface area (Å²) < 4.78 is 44.3. The van der Waals surface area contributed by atoms with Gasteiger partial charge in [0.15, 0.2) is 11.5 Å². The molecule has 0 saturated heterocycles. The summed E-state index contributed by atoms with van der Waals surface area (Å²) in [6, 6.07) is 16.5. The summed E-state index contributed by atoms with van der Waals surface area (Å²) in [5.41, 5.74) is 2.62. The summed E-state index contributed by atoms with van der Waals surface area (Å²) >= 11 is 0. The lowest BCUT2D eigenvalue weighted by Crippen LogP contribution is -2.38. The van der Waals surface area contributed by atoms with E-state index in [1.807, 2.05) is 19.9 Å². The number of anilines is 2. The van der Waals surface area contributed by atoms with E-state index in [1.165, 1.54) is 39.5 Å². The number of ether oxygens (including phenoxy) is 3. The van der Waals surface area contributed by atoms with Crippen LogP contribution in [-0.2, 0) is 14.8 Å². The van der Waals surface area contributed by atoms with Crippen LogP contribution in [0.4, 0.5) is 11.4 Å². The monoisotopic (exact) mass is 484 g/mol. The molecule has 0 unspecified atom stereocenters. The van der Waals surface area contributed by atoms with Gasteiger partial charge in [-0.15, -0.1) is 0 Å². The van der Waals surface area contributed by atoms with Crippen LogP contribution in [0.25, 0.3) is 0 Å². The summed E-state index contributed by atoms with van der Waals surface area (Å²) in [5.74, 6) is 0.735. The van der Waals surface area contributed by atoms with E-state index in [2.05, 4.69) is 5.32 Å². The largest absolute Gasteiger partial charge is 0.497 e. The summed E-state index contributed by atoms with van der Waals surface area (Å²) in [4.78, 5) is 12.9. The van der Waals surface area contributed by atoms with Crippen LogP contribution in [0.5, 0.6) is 17.2 Å².